The van der Waals surface area contributed by atoms with Crippen molar-refractivity contribution in [1.82, 2.24) is 0 Å². The van der Waals surface area contributed by atoms with Crippen LogP contribution in [0.3, 0.4) is 0 Å². The van der Waals surface area contributed by atoms with Crippen molar-refractivity contribution < 1.29 is 40.6 Å². The molecule has 1 aromatic carbocycles. The van der Waals surface area contributed by atoms with Gasteiger partial charge < -0.3 is 9.84 Å². The molecule has 1 N–H and O–H groups in total. The van der Waals surface area contributed by atoms with E-state index in [0.717, 1.165) is 0 Å². The number of hydrogen-bond acceptors (Lipinski definition) is 2. The lowest BCUT2D eigenvalue weighted by Gasteiger charge is -2.32. The van der Waals surface area contributed by atoms with Gasteiger partial charge in [0.05, 0.1) is 6.61 Å². The second-order valence-electron chi connectivity index (χ2n) is 4.24. The van der Waals surface area contributed by atoms with Gasteiger partial charge in [-0.3, -0.25) is 0 Å². The van der Waals surface area contributed by atoms with Crippen molar-refractivity contribution in [3.05, 3.63) is 30.3 Å². The topological polar surface area (TPSA) is 29.5 Å². The molecule has 1 unspecified atom stereocenters. The van der Waals surface area contributed by atoms with Gasteiger partial charge in [0.1, 0.15) is 11.9 Å². The molecule has 1 rings (SSSR count). The number of halogens is 7. The van der Waals surface area contributed by atoms with Crippen LogP contribution in [0.5, 0.6) is 5.75 Å². The van der Waals surface area contributed by atoms with Gasteiger partial charge in [-0.1, -0.05) is 18.2 Å². The monoisotopic (exact) mass is 320 g/mol. The summed E-state index contributed by atoms with van der Waals surface area (Å²) in [5.74, 6) is -0.0803. The lowest BCUT2D eigenvalue weighted by atomic mass is 9.96. The lowest BCUT2D eigenvalue weighted by molar-refractivity contribution is -0.347. The summed E-state index contributed by atoms with van der Waals surface area (Å²) < 4.78 is 92.7. The van der Waals surface area contributed by atoms with Crippen LogP contribution in [0.15, 0.2) is 30.3 Å². The van der Waals surface area contributed by atoms with Crippen molar-refractivity contribution in [3.8, 4) is 5.75 Å². The van der Waals surface area contributed by atoms with Crippen LogP contribution in [-0.2, 0) is 0 Å². The molecule has 120 valence electrons. The number of hydrogen-bond donors (Lipinski definition) is 1. The van der Waals surface area contributed by atoms with Gasteiger partial charge in [0, 0.05) is 6.42 Å². The van der Waals surface area contributed by atoms with Crippen LogP contribution in [0.1, 0.15) is 6.42 Å². The molecule has 1 atom stereocenters. The molecule has 0 aliphatic heterocycles. The molecule has 0 aliphatic rings. The second-order valence-corrected chi connectivity index (χ2v) is 4.24. The molecule has 1 aromatic rings. The molecule has 0 saturated carbocycles. The Hall–Kier alpha value is -1.51. The predicted octanol–water partition coefficient (Wildman–Crippen LogP) is 3.65. The average molecular weight is 320 g/mol. The maximum Gasteiger partial charge on any atom is 0.431 e. The van der Waals surface area contributed by atoms with E-state index in [1.54, 1.807) is 0 Å². The number of para-hydroxylation sites is 1. The summed E-state index contributed by atoms with van der Waals surface area (Å²) in [5, 5.41) is 8.86. The van der Waals surface area contributed by atoms with Crippen molar-refractivity contribution >= 4 is 0 Å². The fourth-order valence-electron chi connectivity index (χ4n) is 1.54. The second kappa shape index (κ2) is 6.08. The minimum atomic E-state index is -6.17. The van der Waals surface area contributed by atoms with E-state index in [-0.39, 0.29) is 5.75 Å². The van der Waals surface area contributed by atoms with Gasteiger partial charge in [-0.2, -0.15) is 26.3 Å². The molecule has 0 fully saturated rings. The molecule has 0 heterocycles. The van der Waals surface area contributed by atoms with E-state index >= 15 is 0 Å². The Morgan fingerprint density at radius 1 is 0.905 bits per heavy atom. The van der Waals surface area contributed by atoms with Gasteiger partial charge in [-0.25, -0.2) is 4.39 Å². The summed E-state index contributed by atoms with van der Waals surface area (Å²) in [4.78, 5) is 0. The van der Waals surface area contributed by atoms with E-state index in [4.69, 9.17) is 9.84 Å². The minimum absolute atomic E-state index is 0.0803. The third-order valence-corrected chi connectivity index (χ3v) is 2.66. The van der Waals surface area contributed by atoms with E-state index in [1.165, 1.54) is 30.3 Å². The summed E-state index contributed by atoms with van der Waals surface area (Å²) >= 11 is 0. The zero-order chi connectivity index (χ0) is 16.3. The van der Waals surface area contributed by atoms with E-state index < -0.39 is 37.2 Å². The molecule has 21 heavy (non-hydrogen) atoms. The van der Waals surface area contributed by atoms with Gasteiger partial charge in [0.15, 0.2) is 0 Å². The van der Waals surface area contributed by atoms with Crippen molar-refractivity contribution in [2.45, 2.75) is 30.5 Å². The van der Waals surface area contributed by atoms with Gasteiger partial charge in [0.25, 0.3) is 0 Å². The summed E-state index contributed by atoms with van der Waals surface area (Å²) in [6.07, 6.45) is -16.4. The van der Waals surface area contributed by atoms with Crippen molar-refractivity contribution in [3.63, 3.8) is 0 Å². The number of ether oxygens (including phenoxy) is 1. The Bertz CT molecular complexity index is 427. The molecular formula is C12H11F7O2. The van der Waals surface area contributed by atoms with Gasteiger partial charge in [-0.05, 0) is 12.1 Å². The maximum absolute atomic E-state index is 13.5. The largest absolute Gasteiger partial charge is 0.488 e. The van der Waals surface area contributed by atoms with Crippen LogP contribution in [0.2, 0.25) is 0 Å². The SMILES string of the molecule is OCC(CC(F)(C(F)(F)F)C(F)(F)F)Oc1ccccc1. The van der Waals surface area contributed by atoms with Gasteiger partial charge in [-0.15, -0.1) is 0 Å². The van der Waals surface area contributed by atoms with Crippen LogP contribution in [-0.4, -0.2) is 35.8 Å². The first-order chi connectivity index (χ1) is 9.51. The van der Waals surface area contributed by atoms with Crippen LogP contribution in [0.25, 0.3) is 0 Å². The van der Waals surface area contributed by atoms with E-state index in [1.807, 2.05) is 0 Å². The highest BCUT2D eigenvalue weighted by atomic mass is 19.4. The Kier molecular flexibility index (Phi) is 5.08. The smallest absolute Gasteiger partial charge is 0.431 e. The molecule has 0 bridgehead atoms. The first-order valence-corrected chi connectivity index (χ1v) is 5.66. The van der Waals surface area contributed by atoms with Gasteiger partial charge >= 0.3 is 18.0 Å². The van der Waals surface area contributed by atoms with E-state index in [9.17, 15) is 30.7 Å². The Morgan fingerprint density at radius 3 is 1.76 bits per heavy atom. The number of alkyl halides is 7. The third kappa shape index (κ3) is 3.99. The highest BCUT2D eigenvalue weighted by Crippen LogP contribution is 2.49. The Morgan fingerprint density at radius 2 is 1.38 bits per heavy atom. The van der Waals surface area contributed by atoms with Crippen LogP contribution in [0.4, 0.5) is 30.7 Å². The molecule has 9 heteroatoms. The Labute approximate surface area is 115 Å². The first kappa shape index (κ1) is 17.5. The Balaban J connectivity index is 2.96. The highest BCUT2D eigenvalue weighted by molar-refractivity contribution is 5.21. The fraction of sp³-hybridized carbons (Fsp3) is 0.500. The average Bonchev–Trinajstić information content (AvgIpc) is 2.36. The molecule has 0 amide bonds. The molecular weight excluding hydrogens is 309 g/mol. The van der Waals surface area contributed by atoms with Gasteiger partial charge in [0.2, 0.25) is 0 Å². The number of aliphatic hydroxyl groups is 1. The summed E-state index contributed by atoms with van der Waals surface area (Å²) in [6, 6.07) is 6.87. The standard InChI is InChI=1S/C12H11F7O2/c13-10(11(14,15)16,12(17,18)19)6-9(7-20)21-8-4-2-1-3-5-8/h1-5,9,20H,6-7H2. The number of aliphatic hydroxyl groups excluding tert-OH is 1. The van der Waals surface area contributed by atoms with E-state index in [0.29, 0.717) is 0 Å². The van der Waals surface area contributed by atoms with Crippen molar-refractivity contribution in [1.29, 1.82) is 0 Å². The number of benzene rings is 1. The summed E-state index contributed by atoms with van der Waals surface area (Å²) in [7, 11) is 0. The number of rotatable bonds is 5. The zero-order valence-corrected chi connectivity index (χ0v) is 10.4. The van der Waals surface area contributed by atoms with Crippen molar-refractivity contribution in [2.24, 2.45) is 0 Å². The van der Waals surface area contributed by atoms with Crippen LogP contribution in [0, 0.1) is 0 Å². The normalized spacial score (nSPS) is 14.9. The molecule has 0 aromatic heterocycles. The summed E-state index contributed by atoms with van der Waals surface area (Å²) in [5.41, 5.74) is -5.46. The molecule has 0 saturated heterocycles. The molecule has 0 spiro atoms. The summed E-state index contributed by atoms with van der Waals surface area (Å²) in [6.45, 7) is -1.20. The maximum atomic E-state index is 13.5. The first-order valence-electron chi connectivity index (χ1n) is 5.66. The fourth-order valence-corrected chi connectivity index (χ4v) is 1.54. The minimum Gasteiger partial charge on any atom is -0.488 e. The molecule has 2 nitrogen and oxygen atoms in total. The molecule has 0 radical (unpaired) electrons. The predicted molar refractivity (Wildman–Crippen MR) is 58.5 cm³/mol. The third-order valence-electron chi connectivity index (χ3n) is 2.66. The highest BCUT2D eigenvalue weighted by Gasteiger charge is 2.72. The quantitative estimate of drug-likeness (QED) is 0.839. The van der Waals surface area contributed by atoms with Crippen LogP contribution < -0.4 is 4.74 Å². The zero-order valence-electron chi connectivity index (χ0n) is 10.4. The van der Waals surface area contributed by atoms with E-state index in [2.05, 4.69) is 0 Å². The molecule has 0 aliphatic carbocycles. The van der Waals surface area contributed by atoms with Crippen LogP contribution >= 0.6 is 0 Å². The lowest BCUT2D eigenvalue weighted by Crippen LogP contribution is -2.55. The van der Waals surface area contributed by atoms with Crippen molar-refractivity contribution in [2.75, 3.05) is 6.61 Å².